The van der Waals surface area contributed by atoms with Gasteiger partial charge in [-0.1, -0.05) is 13.3 Å². The molecule has 6 heteroatoms. The van der Waals surface area contributed by atoms with Gasteiger partial charge in [-0.3, -0.25) is 0 Å². The zero-order chi connectivity index (χ0) is 4.12. The Bertz CT molecular complexity index is 26.0. The van der Waals surface area contributed by atoms with Crippen molar-refractivity contribution in [3.8, 4) is 0 Å². The Balaban J connectivity index is -0.00000000800. The van der Waals surface area contributed by atoms with Crippen LogP contribution in [0.1, 0.15) is 19.8 Å². The predicted molar refractivity (Wildman–Crippen MR) is 22.0 cm³/mol. The SMILES string of the molecule is CCCCO.[Cl-].[Cl-].[Cl-].[Ti+3].[Ti+4]. The van der Waals surface area contributed by atoms with E-state index in [1.165, 1.54) is 0 Å². The Kier molecular flexibility index (Phi) is 170. The second kappa shape index (κ2) is 42.8. The van der Waals surface area contributed by atoms with E-state index in [0.717, 1.165) is 12.8 Å². The van der Waals surface area contributed by atoms with E-state index in [4.69, 9.17) is 5.11 Å². The van der Waals surface area contributed by atoms with Gasteiger partial charge in [0.05, 0.1) is 0 Å². The average molecular weight is 276 g/mol. The number of aliphatic hydroxyl groups excluding tert-OH is 1. The summed E-state index contributed by atoms with van der Waals surface area (Å²) in [6.07, 6.45) is 2.04. The molecule has 0 aliphatic rings. The quantitative estimate of drug-likeness (QED) is 0.497. The fraction of sp³-hybridized carbons (Fsp3) is 1.00. The Morgan fingerprint density at radius 1 is 1.10 bits per heavy atom. The Morgan fingerprint density at radius 3 is 1.40 bits per heavy atom. The second-order valence-corrected chi connectivity index (χ2v) is 1.08. The molecule has 0 aromatic heterocycles. The van der Waals surface area contributed by atoms with Gasteiger partial charge in [-0.2, -0.15) is 0 Å². The molecule has 0 fully saturated rings. The van der Waals surface area contributed by atoms with Crippen LogP contribution >= 0.6 is 0 Å². The Labute approximate surface area is 111 Å². The summed E-state index contributed by atoms with van der Waals surface area (Å²) in [6.45, 7) is 2.40. The van der Waals surface area contributed by atoms with Crippen molar-refractivity contribution in [2.24, 2.45) is 0 Å². The molecule has 57 valence electrons. The largest absolute Gasteiger partial charge is 4.00 e. The summed E-state index contributed by atoms with van der Waals surface area (Å²) in [5.74, 6) is 0. The van der Waals surface area contributed by atoms with Gasteiger partial charge in [-0.15, -0.1) is 0 Å². The van der Waals surface area contributed by atoms with Crippen LogP contribution in [0, 0.1) is 0 Å². The number of halogens is 3. The molecule has 10 heavy (non-hydrogen) atoms. The first kappa shape index (κ1) is 39.7. The molecule has 0 atom stereocenters. The zero-order valence-corrected chi connectivity index (χ0v) is 11.1. The van der Waals surface area contributed by atoms with E-state index in [0.29, 0.717) is 6.61 Å². The molecule has 0 bridgehead atoms. The molecule has 0 unspecified atom stereocenters. The van der Waals surface area contributed by atoms with Crippen molar-refractivity contribution in [3.05, 3.63) is 0 Å². The molecule has 1 nitrogen and oxygen atoms in total. The van der Waals surface area contributed by atoms with Crippen LogP contribution in [0.25, 0.3) is 0 Å². The monoisotopic (exact) mass is 275 g/mol. The van der Waals surface area contributed by atoms with Crippen LogP contribution in [0.4, 0.5) is 0 Å². The van der Waals surface area contributed by atoms with Gasteiger partial charge >= 0.3 is 43.4 Å². The average Bonchev–Trinajstić information content (AvgIpc) is 1.41. The number of hydrogen-bond acceptors (Lipinski definition) is 1. The van der Waals surface area contributed by atoms with Crippen LogP contribution in [0.3, 0.4) is 0 Å². The predicted octanol–water partition coefficient (Wildman–Crippen LogP) is -8.21. The standard InChI is InChI=1S/C4H10O.3ClH.2Ti/c1-2-3-4-5;;;;;/h5H,2-4H2,1H3;3*1H;;/q;;;;+3;+4/p-3. The van der Waals surface area contributed by atoms with Gasteiger partial charge < -0.3 is 42.3 Å². The van der Waals surface area contributed by atoms with E-state index >= 15 is 0 Å². The number of rotatable bonds is 2. The van der Waals surface area contributed by atoms with Gasteiger partial charge in [0.1, 0.15) is 0 Å². The van der Waals surface area contributed by atoms with Crippen molar-refractivity contribution >= 4 is 0 Å². The van der Waals surface area contributed by atoms with Crippen molar-refractivity contribution in [2.75, 3.05) is 6.61 Å². The van der Waals surface area contributed by atoms with Gasteiger partial charge in [0, 0.05) is 6.61 Å². The maximum Gasteiger partial charge on any atom is 4.00 e. The molecule has 0 aliphatic heterocycles. The third-order valence-electron chi connectivity index (χ3n) is 0.512. The molecule has 0 aromatic rings. The zero-order valence-electron chi connectivity index (χ0n) is 5.70. The first-order chi connectivity index (χ1) is 2.41. The molecule has 0 saturated heterocycles. The van der Waals surface area contributed by atoms with Gasteiger partial charge in [0.15, 0.2) is 0 Å². The number of hydrogen-bond donors (Lipinski definition) is 1. The van der Waals surface area contributed by atoms with E-state index in [1.807, 2.05) is 0 Å². The summed E-state index contributed by atoms with van der Waals surface area (Å²) in [7, 11) is 0. The van der Waals surface area contributed by atoms with Crippen LogP contribution in [-0.4, -0.2) is 11.7 Å². The van der Waals surface area contributed by atoms with Gasteiger partial charge in [0.25, 0.3) is 0 Å². The van der Waals surface area contributed by atoms with Crippen LogP contribution in [0.15, 0.2) is 0 Å². The molecule has 0 spiro atoms. The minimum Gasteiger partial charge on any atom is -1.00 e. The van der Waals surface area contributed by atoms with Crippen LogP contribution in [-0.2, 0) is 43.4 Å². The molecule has 0 aromatic carbocycles. The molecular weight excluding hydrogens is 266 g/mol. The normalized spacial score (nSPS) is 4.20. The number of unbranched alkanes of at least 4 members (excludes halogenated alkanes) is 1. The summed E-state index contributed by atoms with van der Waals surface area (Å²) >= 11 is 0. The maximum absolute atomic E-state index is 8.07. The molecule has 0 rings (SSSR count). The fourth-order valence-electron chi connectivity index (χ4n) is 0.158. The molecule has 0 amide bonds. The maximum atomic E-state index is 8.07. The first-order valence-electron chi connectivity index (χ1n) is 2.02. The van der Waals surface area contributed by atoms with E-state index in [-0.39, 0.29) is 80.7 Å². The van der Waals surface area contributed by atoms with Crippen LogP contribution < -0.4 is 37.2 Å². The van der Waals surface area contributed by atoms with Crippen LogP contribution in [0.5, 0.6) is 0 Å². The van der Waals surface area contributed by atoms with Crippen molar-refractivity contribution < 1.29 is 85.8 Å². The summed E-state index contributed by atoms with van der Waals surface area (Å²) in [5.41, 5.74) is 0. The fourth-order valence-corrected chi connectivity index (χ4v) is 0.158. The molecule has 0 saturated carbocycles. The van der Waals surface area contributed by atoms with Crippen LogP contribution in [0.2, 0.25) is 0 Å². The van der Waals surface area contributed by atoms with Crippen molar-refractivity contribution in [1.82, 2.24) is 0 Å². The third kappa shape index (κ3) is 48.5. The van der Waals surface area contributed by atoms with Gasteiger partial charge in [0.2, 0.25) is 0 Å². The van der Waals surface area contributed by atoms with E-state index < -0.39 is 0 Å². The molecular formula is C4H10Cl3OTi2+4. The first-order valence-corrected chi connectivity index (χ1v) is 2.02. The smallest absolute Gasteiger partial charge is 1.00 e. The molecule has 1 radical (unpaired) electrons. The number of aliphatic hydroxyl groups is 1. The summed E-state index contributed by atoms with van der Waals surface area (Å²) in [4.78, 5) is 0. The summed E-state index contributed by atoms with van der Waals surface area (Å²) in [5, 5.41) is 8.07. The van der Waals surface area contributed by atoms with E-state index in [9.17, 15) is 0 Å². The van der Waals surface area contributed by atoms with Gasteiger partial charge in [-0.25, -0.2) is 0 Å². The molecule has 0 aliphatic carbocycles. The van der Waals surface area contributed by atoms with Crippen molar-refractivity contribution in [2.45, 2.75) is 19.8 Å². The minimum atomic E-state index is 0. The second-order valence-electron chi connectivity index (χ2n) is 1.08. The van der Waals surface area contributed by atoms with Crippen molar-refractivity contribution in [1.29, 1.82) is 0 Å². The Hall–Kier alpha value is 2.26. The molecule has 0 heterocycles. The topological polar surface area (TPSA) is 20.2 Å². The minimum absolute atomic E-state index is 0. The summed E-state index contributed by atoms with van der Waals surface area (Å²) < 4.78 is 0. The van der Waals surface area contributed by atoms with Crippen molar-refractivity contribution in [3.63, 3.8) is 0 Å². The van der Waals surface area contributed by atoms with E-state index in [2.05, 4.69) is 6.92 Å². The van der Waals surface area contributed by atoms with E-state index in [1.54, 1.807) is 0 Å². The third-order valence-corrected chi connectivity index (χ3v) is 0.512. The Morgan fingerprint density at radius 2 is 1.40 bits per heavy atom. The summed E-state index contributed by atoms with van der Waals surface area (Å²) in [6, 6.07) is 0. The molecule has 1 N–H and O–H groups in total. The van der Waals surface area contributed by atoms with Gasteiger partial charge in [-0.05, 0) is 6.42 Å².